The maximum absolute atomic E-state index is 10.8. The van der Waals surface area contributed by atoms with Crippen molar-refractivity contribution in [2.75, 3.05) is 19.0 Å². The Kier molecular flexibility index (Phi) is 4.59. The third-order valence-corrected chi connectivity index (χ3v) is 1.98. The second kappa shape index (κ2) is 5.96. The molecule has 1 rings (SSSR count). The molecular weight excluding hydrogens is 228 g/mol. The molecule has 0 bridgehead atoms. The molecule has 0 aliphatic heterocycles. The molecule has 1 heterocycles. The highest BCUT2D eigenvalue weighted by molar-refractivity contribution is 7.80. The van der Waals surface area contributed by atoms with Gasteiger partial charge < -0.3 is 15.8 Å². The zero-order chi connectivity index (χ0) is 12.0. The van der Waals surface area contributed by atoms with E-state index in [0.717, 1.165) is 0 Å². The van der Waals surface area contributed by atoms with Gasteiger partial charge in [-0.25, -0.2) is 9.97 Å². The van der Waals surface area contributed by atoms with Crippen molar-refractivity contribution in [2.45, 2.75) is 6.42 Å². The van der Waals surface area contributed by atoms with E-state index in [4.69, 9.17) is 18.0 Å². The molecule has 0 unspecified atom stereocenters. The molecule has 0 amide bonds. The fraction of sp³-hybridized carbons (Fsp3) is 0.333. The van der Waals surface area contributed by atoms with E-state index in [2.05, 4.69) is 20.0 Å². The Morgan fingerprint density at radius 1 is 1.56 bits per heavy atom. The van der Waals surface area contributed by atoms with Gasteiger partial charge in [-0.15, -0.1) is 0 Å². The van der Waals surface area contributed by atoms with Crippen LogP contribution in [0.2, 0.25) is 0 Å². The smallest absolute Gasteiger partial charge is 0.307 e. The monoisotopic (exact) mass is 240 g/mol. The summed E-state index contributed by atoms with van der Waals surface area (Å²) in [5, 5.41) is 2.92. The molecule has 0 aliphatic rings. The molecule has 0 spiro atoms. The summed E-state index contributed by atoms with van der Waals surface area (Å²) in [7, 11) is 1.35. The first-order valence-electron chi connectivity index (χ1n) is 4.56. The quantitative estimate of drug-likeness (QED) is 0.556. The van der Waals surface area contributed by atoms with Gasteiger partial charge in [0.1, 0.15) is 16.5 Å². The molecule has 1 aromatic rings. The predicted molar refractivity (Wildman–Crippen MR) is 63.0 cm³/mol. The van der Waals surface area contributed by atoms with Crippen LogP contribution in [0.5, 0.6) is 0 Å². The molecule has 7 heteroatoms. The van der Waals surface area contributed by atoms with Crippen molar-refractivity contribution in [3.05, 3.63) is 18.1 Å². The summed E-state index contributed by atoms with van der Waals surface area (Å²) in [4.78, 5) is 19.0. The highest BCUT2D eigenvalue weighted by Crippen LogP contribution is 2.01. The van der Waals surface area contributed by atoms with Crippen LogP contribution in [0, 0.1) is 0 Å². The Bertz CT molecular complexity index is 380. The normalized spacial score (nSPS) is 9.56. The lowest BCUT2D eigenvalue weighted by atomic mass is 10.4. The van der Waals surface area contributed by atoms with Crippen molar-refractivity contribution < 1.29 is 9.53 Å². The summed E-state index contributed by atoms with van der Waals surface area (Å²) in [6.45, 7) is 0.438. The minimum absolute atomic E-state index is 0.202. The number of methoxy groups -OCH3 is 1. The van der Waals surface area contributed by atoms with Gasteiger partial charge in [-0.3, -0.25) is 4.79 Å². The van der Waals surface area contributed by atoms with E-state index in [1.54, 1.807) is 0 Å². The molecule has 0 saturated heterocycles. The van der Waals surface area contributed by atoms with Crippen LogP contribution in [0.4, 0.5) is 5.82 Å². The van der Waals surface area contributed by atoms with Gasteiger partial charge in [-0.2, -0.15) is 0 Å². The van der Waals surface area contributed by atoms with E-state index in [1.165, 1.54) is 19.5 Å². The fourth-order valence-electron chi connectivity index (χ4n) is 0.941. The number of rotatable bonds is 5. The Morgan fingerprint density at radius 2 is 2.31 bits per heavy atom. The minimum atomic E-state index is -0.278. The second-order valence-electron chi connectivity index (χ2n) is 2.90. The van der Waals surface area contributed by atoms with E-state index in [0.29, 0.717) is 18.1 Å². The molecule has 86 valence electrons. The van der Waals surface area contributed by atoms with E-state index in [-0.39, 0.29) is 17.4 Å². The van der Waals surface area contributed by atoms with Gasteiger partial charge in [-0.05, 0) is 0 Å². The maximum Gasteiger partial charge on any atom is 0.307 e. The number of nitrogens with two attached hydrogens (primary N) is 1. The van der Waals surface area contributed by atoms with Crippen molar-refractivity contribution in [2.24, 2.45) is 5.73 Å². The Labute approximate surface area is 98.2 Å². The third kappa shape index (κ3) is 3.77. The number of hydrogen-bond donors (Lipinski definition) is 2. The molecule has 0 fully saturated rings. The van der Waals surface area contributed by atoms with Crippen LogP contribution in [0.1, 0.15) is 12.1 Å². The number of hydrogen-bond acceptors (Lipinski definition) is 6. The number of thiocarbonyl (C=S) groups is 1. The van der Waals surface area contributed by atoms with Crippen LogP contribution < -0.4 is 11.1 Å². The number of anilines is 1. The maximum atomic E-state index is 10.8. The van der Waals surface area contributed by atoms with Gasteiger partial charge in [0.15, 0.2) is 0 Å². The highest BCUT2D eigenvalue weighted by atomic mass is 32.1. The largest absolute Gasteiger partial charge is 0.469 e. The summed E-state index contributed by atoms with van der Waals surface area (Å²) in [5.41, 5.74) is 5.84. The number of esters is 1. The van der Waals surface area contributed by atoms with Crippen LogP contribution in [0.15, 0.2) is 12.4 Å². The Balaban J connectivity index is 2.43. The van der Waals surface area contributed by atoms with Gasteiger partial charge in [0.2, 0.25) is 0 Å². The first-order valence-corrected chi connectivity index (χ1v) is 4.97. The molecule has 6 nitrogen and oxygen atoms in total. The molecular formula is C9H12N4O2S. The van der Waals surface area contributed by atoms with E-state index in [9.17, 15) is 4.79 Å². The topological polar surface area (TPSA) is 90.1 Å². The Hall–Kier alpha value is -1.76. The zero-order valence-electron chi connectivity index (χ0n) is 8.77. The van der Waals surface area contributed by atoms with Crippen LogP contribution in [-0.4, -0.2) is 34.6 Å². The van der Waals surface area contributed by atoms with E-state index < -0.39 is 0 Å². The van der Waals surface area contributed by atoms with E-state index >= 15 is 0 Å². The standard InChI is InChI=1S/C9H12N4O2S/c1-15-8(14)2-3-11-7-5-12-6(4-13-7)9(10)16/h4-5H,2-3H2,1H3,(H2,10,16)(H,11,13). The molecule has 3 N–H and O–H groups in total. The lowest BCUT2D eigenvalue weighted by molar-refractivity contribution is -0.140. The molecule has 0 aromatic carbocycles. The highest BCUT2D eigenvalue weighted by Gasteiger charge is 2.01. The number of carbonyl (C=O) groups is 1. The number of ether oxygens (including phenoxy) is 1. The number of nitrogens with one attached hydrogen (secondary N) is 1. The number of aromatic nitrogens is 2. The summed E-state index contributed by atoms with van der Waals surface area (Å²) >= 11 is 4.74. The van der Waals surface area contributed by atoms with Gasteiger partial charge >= 0.3 is 5.97 Å². The summed E-state index contributed by atoms with van der Waals surface area (Å²) < 4.78 is 4.49. The molecule has 16 heavy (non-hydrogen) atoms. The van der Waals surface area contributed by atoms with Gasteiger partial charge in [0.25, 0.3) is 0 Å². The number of nitrogens with zero attached hydrogens (tertiary/aromatic N) is 2. The molecule has 0 atom stereocenters. The van der Waals surface area contributed by atoms with Crippen LogP contribution in [-0.2, 0) is 9.53 Å². The van der Waals surface area contributed by atoms with Crippen molar-refractivity contribution in [1.82, 2.24) is 9.97 Å². The lowest BCUT2D eigenvalue weighted by Crippen LogP contribution is -2.14. The van der Waals surface area contributed by atoms with Crippen molar-refractivity contribution in [3.8, 4) is 0 Å². The van der Waals surface area contributed by atoms with Crippen molar-refractivity contribution in [3.63, 3.8) is 0 Å². The fourth-order valence-corrected chi connectivity index (χ4v) is 1.05. The average Bonchev–Trinajstić information content (AvgIpc) is 2.29. The van der Waals surface area contributed by atoms with Crippen LogP contribution >= 0.6 is 12.2 Å². The summed E-state index contributed by atoms with van der Waals surface area (Å²) in [5.74, 6) is 0.282. The zero-order valence-corrected chi connectivity index (χ0v) is 9.58. The SMILES string of the molecule is COC(=O)CCNc1cnc(C(N)=S)cn1. The van der Waals surface area contributed by atoms with Crippen LogP contribution in [0.25, 0.3) is 0 Å². The summed E-state index contributed by atoms with van der Waals surface area (Å²) in [6.07, 6.45) is 3.25. The van der Waals surface area contributed by atoms with Crippen molar-refractivity contribution >= 4 is 29.0 Å². The minimum Gasteiger partial charge on any atom is -0.469 e. The van der Waals surface area contributed by atoms with Gasteiger partial charge in [0.05, 0.1) is 25.9 Å². The lowest BCUT2D eigenvalue weighted by Gasteiger charge is -2.04. The van der Waals surface area contributed by atoms with E-state index in [1.807, 2.05) is 0 Å². The average molecular weight is 240 g/mol. The van der Waals surface area contributed by atoms with Crippen molar-refractivity contribution in [1.29, 1.82) is 0 Å². The Morgan fingerprint density at radius 3 is 2.81 bits per heavy atom. The molecule has 0 radical (unpaired) electrons. The first-order chi connectivity index (χ1) is 7.63. The van der Waals surface area contributed by atoms with Gasteiger partial charge in [-0.1, -0.05) is 12.2 Å². The third-order valence-electron chi connectivity index (χ3n) is 1.77. The van der Waals surface area contributed by atoms with Gasteiger partial charge in [0, 0.05) is 6.54 Å². The predicted octanol–water partition coefficient (Wildman–Crippen LogP) is 0.0858. The second-order valence-corrected chi connectivity index (χ2v) is 3.34. The molecule has 0 saturated carbocycles. The van der Waals surface area contributed by atoms with Crippen LogP contribution in [0.3, 0.4) is 0 Å². The number of carbonyl (C=O) groups excluding carboxylic acids is 1. The first kappa shape index (κ1) is 12.3. The molecule has 1 aromatic heterocycles. The summed E-state index contributed by atoms with van der Waals surface area (Å²) in [6, 6.07) is 0. The molecule has 0 aliphatic carbocycles.